The summed E-state index contributed by atoms with van der Waals surface area (Å²) in [6.07, 6.45) is 1.53. The second kappa shape index (κ2) is 6.88. The molecular formula is C15H23NO2. The van der Waals surface area contributed by atoms with Crippen molar-refractivity contribution in [3.05, 3.63) is 35.9 Å². The highest BCUT2D eigenvalue weighted by atomic mass is 16.5. The van der Waals surface area contributed by atoms with E-state index in [9.17, 15) is 0 Å². The summed E-state index contributed by atoms with van der Waals surface area (Å²) in [4.78, 5) is 0. The predicted molar refractivity (Wildman–Crippen MR) is 72.5 cm³/mol. The average Bonchev–Trinajstić information content (AvgIpc) is 2.52. The van der Waals surface area contributed by atoms with Crippen LogP contribution in [-0.2, 0) is 16.1 Å². The highest BCUT2D eigenvalue weighted by Crippen LogP contribution is 2.11. The topological polar surface area (TPSA) is 30.5 Å². The first-order valence-corrected chi connectivity index (χ1v) is 6.74. The van der Waals surface area contributed by atoms with Crippen molar-refractivity contribution in [1.82, 2.24) is 5.32 Å². The van der Waals surface area contributed by atoms with Crippen molar-refractivity contribution in [3.63, 3.8) is 0 Å². The lowest BCUT2D eigenvalue weighted by Gasteiger charge is -2.18. The van der Waals surface area contributed by atoms with Gasteiger partial charge in [-0.2, -0.15) is 0 Å². The zero-order chi connectivity index (χ0) is 12.8. The summed E-state index contributed by atoms with van der Waals surface area (Å²) < 4.78 is 11.7. The Bertz CT molecular complexity index is 342. The molecule has 1 heterocycles. The molecule has 0 amide bonds. The van der Waals surface area contributed by atoms with Crippen LogP contribution in [0.5, 0.6) is 0 Å². The van der Waals surface area contributed by atoms with Crippen LogP contribution in [0.25, 0.3) is 0 Å². The van der Waals surface area contributed by atoms with E-state index >= 15 is 0 Å². The minimum absolute atomic E-state index is 0.161. The lowest BCUT2D eigenvalue weighted by atomic mass is 10.2. The average molecular weight is 249 g/mol. The normalized spacial score (nSPS) is 28.9. The fourth-order valence-corrected chi connectivity index (χ4v) is 2.33. The van der Waals surface area contributed by atoms with E-state index in [0.29, 0.717) is 25.4 Å². The number of rotatable bonds is 4. The summed E-state index contributed by atoms with van der Waals surface area (Å²) in [5, 5.41) is 3.47. The van der Waals surface area contributed by atoms with Gasteiger partial charge in [-0.1, -0.05) is 30.3 Å². The third-order valence-corrected chi connectivity index (χ3v) is 3.22. The van der Waals surface area contributed by atoms with E-state index in [1.54, 1.807) is 0 Å². The van der Waals surface area contributed by atoms with Crippen molar-refractivity contribution in [2.75, 3.05) is 13.2 Å². The highest BCUT2D eigenvalue weighted by Gasteiger charge is 2.20. The van der Waals surface area contributed by atoms with Gasteiger partial charge in [0.25, 0.3) is 0 Å². The molecule has 0 aromatic heterocycles. The van der Waals surface area contributed by atoms with E-state index in [0.717, 1.165) is 13.0 Å². The van der Waals surface area contributed by atoms with E-state index in [1.807, 2.05) is 18.2 Å². The van der Waals surface area contributed by atoms with Crippen molar-refractivity contribution >= 4 is 0 Å². The first-order valence-electron chi connectivity index (χ1n) is 6.74. The van der Waals surface area contributed by atoms with E-state index in [4.69, 9.17) is 9.47 Å². The highest BCUT2D eigenvalue weighted by molar-refractivity contribution is 5.13. The third kappa shape index (κ3) is 4.41. The zero-order valence-corrected chi connectivity index (χ0v) is 11.3. The Morgan fingerprint density at radius 3 is 2.83 bits per heavy atom. The number of hydrogen-bond donors (Lipinski definition) is 1. The Labute approximate surface area is 109 Å². The van der Waals surface area contributed by atoms with Gasteiger partial charge in [0, 0.05) is 12.6 Å². The molecule has 18 heavy (non-hydrogen) atoms. The number of nitrogens with one attached hydrogen (secondary N) is 1. The van der Waals surface area contributed by atoms with Crippen LogP contribution in [0, 0.1) is 0 Å². The van der Waals surface area contributed by atoms with Gasteiger partial charge in [-0.05, 0) is 25.8 Å². The second-order valence-electron chi connectivity index (χ2n) is 5.11. The molecule has 1 aromatic rings. The molecule has 0 bridgehead atoms. The van der Waals surface area contributed by atoms with Crippen LogP contribution in [0.4, 0.5) is 0 Å². The van der Waals surface area contributed by atoms with Crippen LogP contribution in [0.3, 0.4) is 0 Å². The summed E-state index contributed by atoms with van der Waals surface area (Å²) in [7, 11) is 0. The molecule has 0 aliphatic carbocycles. The van der Waals surface area contributed by atoms with Crippen LogP contribution in [0.15, 0.2) is 30.3 Å². The van der Waals surface area contributed by atoms with Crippen LogP contribution >= 0.6 is 0 Å². The molecule has 1 saturated heterocycles. The maximum atomic E-state index is 5.93. The van der Waals surface area contributed by atoms with Crippen LogP contribution in [0.1, 0.15) is 25.8 Å². The van der Waals surface area contributed by atoms with Crippen molar-refractivity contribution in [2.45, 2.75) is 45.1 Å². The van der Waals surface area contributed by atoms with E-state index < -0.39 is 0 Å². The smallest absolute Gasteiger partial charge is 0.0936 e. The van der Waals surface area contributed by atoms with Crippen LogP contribution in [-0.4, -0.2) is 31.4 Å². The van der Waals surface area contributed by atoms with Gasteiger partial charge in [0.15, 0.2) is 0 Å². The van der Waals surface area contributed by atoms with Gasteiger partial charge < -0.3 is 14.8 Å². The summed E-state index contributed by atoms with van der Waals surface area (Å²) >= 11 is 0. The van der Waals surface area contributed by atoms with Crippen molar-refractivity contribution < 1.29 is 9.47 Å². The van der Waals surface area contributed by atoms with Crippen molar-refractivity contribution in [1.29, 1.82) is 0 Å². The summed E-state index contributed by atoms with van der Waals surface area (Å²) in [6, 6.07) is 10.8. The molecule has 1 aliphatic rings. The number of hydrogen-bond acceptors (Lipinski definition) is 3. The largest absolute Gasteiger partial charge is 0.374 e. The molecule has 3 heteroatoms. The minimum Gasteiger partial charge on any atom is -0.374 e. The quantitative estimate of drug-likeness (QED) is 0.888. The van der Waals surface area contributed by atoms with Crippen LogP contribution in [0.2, 0.25) is 0 Å². The summed E-state index contributed by atoms with van der Waals surface area (Å²) in [5.74, 6) is 0. The standard InChI is InChI=1S/C15H23NO2/c1-12-8-13(2)18-15(9-16-12)11-17-10-14-6-4-3-5-7-14/h3-7,12-13,15-16H,8-11H2,1-2H3. The molecule has 0 saturated carbocycles. The van der Waals surface area contributed by atoms with Gasteiger partial charge in [-0.25, -0.2) is 0 Å². The predicted octanol–water partition coefficient (Wildman–Crippen LogP) is 2.36. The monoisotopic (exact) mass is 249 g/mol. The van der Waals surface area contributed by atoms with Gasteiger partial charge >= 0.3 is 0 Å². The Kier molecular flexibility index (Phi) is 5.17. The van der Waals surface area contributed by atoms with Gasteiger partial charge in [-0.3, -0.25) is 0 Å². The summed E-state index contributed by atoms with van der Waals surface area (Å²) in [5.41, 5.74) is 1.21. The van der Waals surface area contributed by atoms with Gasteiger partial charge in [-0.15, -0.1) is 0 Å². The molecule has 2 rings (SSSR count). The number of benzene rings is 1. The molecule has 1 aliphatic heterocycles. The molecule has 1 aromatic carbocycles. The molecule has 3 unspecified atom stereocenters. The molecular weight excluding hydrogens is 226 g/mol. The lowest BCUT2D eigenvalue weighted by Crippen LogP contribution is -2.33. The van der Waals surface area contributed by atoms with Gasteiger partial charge in [0.2, 0.25) is 0 Å². The van der Waals surface area contributed by atoms with Gasteiger partial charge in [0.05, 0.1) is 25.4 Å². The Balaban J connectivity index is 1.73. The lowest BCUT2D eigenvalue weighted by molar-refractivity contribution is -0.0455. The summed E-state index contributed by atoms with van der Waals surface area (Å²) in [6.45, 7) is 6.52. The second-order valence-corrected chi connectivity index (χ2v) is 5.11. The molecule has 1 N–H and O–H groups in total. The molecule has 0 radical (unpaired) electrons. The van der Waals surface area contributed by atoms with Crippen molar-refractivity contribution in [2.24, 2.45) is 0 Å². The molecule has 1 fully saturated rings. The number of ether oxygens (including phenoxy) is 2. The van der Waals surface area contributed by atoms with Crippen molar-refractivity contribution in [3.8, 4) is 0 Å². The zero-order valence-electron chi connectivity index (χ0n) is 11.3. The van der Waals surface area contributed by atoms with E-state index in [-0.39, 0.29) is 6.10 Å². The fraction of sp³-hybridized carbons (Fsp3) is 0.600. The first kappa shape index (κ1) is 13.5. The Hall–Kier alpha value is -0.900. The fourth-order valence-electron chi connectivity index (χ4n) is 2.33. The SMILES string of the molecule is CC1CC(C)OC(COCc2ccccc2)CN1. The minimum atomic E-state index is 0.161. The Morgan fingerprint density at radius 2 is 2.06 bits per heavy atom. The van der Waals surface area contributed by atoms with Crippen LogP contribution < -0.4 is 5.32 Å². The molecule has 100 valence electrons. The Morgan fingerprint density at radius 1 is 1.28 bits per heavy atom. The molecule has 3 atom stereocenters. The van der Waals surface area contributed by atoms with E-state index in [2.05, 4.69) is 31.3 Å². The van der Waals surface area contributed by atoms with Gasteiger partial charge in [0.1, 0.15) is 0 Å². The maximum Gasteiger partial charge on any atom is 0.0936 e. The third-order valence-electron chi connectivity index (χ3n) is 3.22. The molecule has 0 spiro atoms. The molecule has 3 nitrogen and oxygen atoms in total. The van der Waals surface area contributed by atoms with E-state index in [1.165, 1.54) is 5.56 Å². The maximum absolute atomic E-state index is 5.93. The first-order chi connectivity index (χ1) is 8.74.